The zero-order chi connectivity index (χ0) is 20.1. The Morgan fingerprint density at radius 1 is 1.32 bits per heavy atom. The van der Waals surface area contributed by atoms with Crippen molar-refractivity contribution in [3.05, 3.63) is 46.4 Å². The Balaban J connectivity index is 1.60. The third-order valence-corrected chi connectivity index (χ3v) is 6.36. The highest BCUT2D eigenvalue weighted by molar-refractivity contribution is 7.89. The average molecular weight is 405 g/mol. The van der Waals surface area contributed by atoms with Crippen LogP contribution in [-0.4, -0.2) is 54.1 Å². The fraction of sp³-hybridized carbons (Fsp3) is 0.389. The Bertz CT molecular complexity index is 1020. The highest BCUT2D eigenvalue weighted by Crippen LogP contribution is 2.19. The molecule has 28 heavy (non-hydrogen) atoms. The van der Waals surface area contributed by atoms with Gasteiger partial charge < -0.3 is 15.6 Å². The number of carbonyl (C=O) groups is 1. The molecule has 1 aliphatic heterocycles. The number of urea groups is 1. The maximum atomic E-state index is 12.1. The van der Waals surface area contributed by atoms with Crippen LogP contribution >= 0.6 is 0 Å². The van der Waals surface area contributed by atoms with Crippen molar-refractivity contribution in [2.45, 2.75) is 19.8 Å². The number of aromatic amines is 1. The Morgan fingerprint density at radius 2 is 2.14 bits per heavy atom. The smallest absolute Gasteiger partial charge is 0.319 e. The van der Waals surface area contributed by atoms with Crippen LogP contribution in [0, 0.1) is 0 Å². The number of aromatic nitrogens is 2. The Kier molecular flexibility index (Phi) is 6.10. The first-order chi connectivity index (χ1) is 13.4. The SMILES string of the molecule is CCc1cc(=O)[nH]c(-c2cccc(NC(=O)NCCN3CCCS3(=O)=O)c2)n1. The first kappa shape index (κ1) is 20.0. The predicted octanol–water partition coefficient (Wildman–Crippen LogP) is 1.16. The molecular formula is C18H23N5O4S. The van der Waals surface area contributed by atoms with Crippen LogP contribution in [0.25, 0.3) is 11.4 Å². The number of sulfonamides is 1. The molecule has 150 valence electrons. The van der Waals surface area contributed by atoms with Crippen molar-refractivity contribution in [2.24, 2.45) is 0 Å². The summed E-state index contributed by atoms with van der Waals surface area (Å²) in [7, 11) is -3.16. The van der Waals surface area contributed by atoms with Crippen LogP contribution in [0.2, 0.25) is 0 Å². The molecule has 0 aliphatic carbocycles. The molecule has 2 aromatic rings. The van der Waals surface area contributed by atoms with Crippen molar-refractivity contribution in [3.8, 4) is 11.4 Å². The molecule has 1 aromatic heterocycles. The van der Waals surface area contributed by atoms with Gasteiger partial charge in [0.25, 0.3) is 5.56 Å². The van der Waals surface area contributed by atoms with Crippen molar-refractivity contribution < 1.29 is 13.2 Å². The average Bonchev–Trinajstić information content (AvgIpc) is 2.99. The number of H-pyrrole nitrogens is 1. The largest absolute Gasteiger partial charge is 0.337 e. The summed E-state index contributed by atoms with van der Waals surface area (Å²) < 4.78 is 24.9. The monoisotopic (exact) mass is 405 g/mol. The summed E-state index contributed by atoms with van der Waals surface area (Å²) in [5.41, 5.74) is 1.67. The predicted molar refractivity (Wildman–Crippen MR) is 107 cm³/mol. The number of nitrogens with zero attached hydrogens (tertiary/aromatic N) is 2. The minimum atomic E-state index is -3.16. The van der Waals surface area contributed by atoms with Gasteiger partial charge in [-0.15, -0.1) is 0 Å². The molecule has 1 aromatic carbocycles. The molecule has 0 bridgehead atoms. The topological polar surface area (TPSA) is 124 Å². The van der Waals surface area contributed by atoms with E-state index in [9.17, 15) is 18.0 Å². The van der Waals surface area contributed by atoms with Gasteiger partial charge in [-0.2, -0.15) is 0 Å². The maximum Gasteiger partial charge on any atom is 0.319 e. The highest BCUT2D eigenvalue weighted by Gasteiger charge is 2.27. The zero-order valence-corrected chi connectivity index (χ0v) is 16.4. The van der Waals surface area contributed by atoms with Gasteiger partial charge in [0.15, 0.2) is 0 Å². The van der Waals surface area contributed by atoms with E-state index in [-0.39, 0.29) is 24.4 Å². The summed E-state index contributed by atoms with van der Waals surface area (Å²) >= 11 is 0. The number of benzene rings is 1. The number of rotatable bonds is 6. The number of nitrogens with one attached hydrogen (secondary N) is 3. The maximum absolute atomic E-state index is 12.1. The number of carbonyl (C=O) groups excluding carboxylic acids is 1. The lowest BCUT2D eigenvalue weighted by atomic mass is 10.2. The van der Waals surface area contributed by atoms with Gasteiger partial charge in [0, 0.05) is 42.6 Å². The first-order valence-electron chi connectivity index (χ1n) is 9.11. The molecule has 1 aliphatic rings. The van der Waals surface area contributed by atoms with Gasteiger partial charge in [0.2, 0.25) is 10.0 Å². The van der Waals surface area contributed by atoms with E-state index in [1.54, 1.807) is 24.3 Å². The van der Waals surface area contributed by atoms with Crippen molar-refractivity contribution in [1.82, 2.24) is 19.6 Å². The van der Waals surface area contributed by atoms with Gasteiger partial charge in [-0.3, -0.25) is 4.79 Å². The second-order valence-corrected chi connectivity index (χ2v) is 8.56. The van der Waals surface area contributed by atoms with E-state index >= 15 is 0 Å². The van der Waals surface area contributed by atoms with Crippen molar-refractivity contribution in [1.29, 1.82) is 0 Å². The standard InChI is InChI=1S/C18H23N5O4S/c1-2-14-12-16(24)22-17(20-14)13-5-3-6-15(11-13)21-18(25)19-7-9-23-8-4-10-28(23,26)27/h3,5-6,11-12H,2,4,7-10H2,1H3,(H2,19,21,25)(H,20,22,24). The van der Waals surface area contributed by atoms with Crippen LogP contribution in [0.15, 0.2) is 35.1 Å². The van der Waals surface area contributed by atoms with Crippen molar-refractivity contribution in [2.75, 3.05) is 30.7 Å². The van der Waals surface area contributed by atoms with Crippen LogP contribution < -0.4 is 16.2 Å². The molecule has 0 saturated carbocycles. The van der Waals surface area contributed by atoms with Crippen LogP contribution in [0.4, 0.5) is 10.5 Å². The summed E-state index contributed by atoms with van der Waals surface area (Å²) in [4.78, 5) is 30.9. The molecule has 10 heteroatoms. The number of hydrogen-bond acceptors (Lipinski definition) is 5. The molecule has 3 rings (SSSR count). The first-order valence-corrected chi connectivity index (χ1v) is 10.7. The van der Waals surface area contributed by atoms with E-state index in [1.165, 1.54) is 10.4 Å². The zero-order valence-electron chi connectivity index (χ0n) is 15.6. The van der Waals surface area contributed by atoms with E-state index in [0.29, 0.717) is 42.2 Å². The van der Waals surface area contributed by atoms with Crippen LogP contribution in [0.1, 0.15) is 19.0 Å². The lowest BCUT2D eigenvalue weighted by Crippen LogP contribution is -2.37. The molecule has 9 nitrogen and oxygen atoms in total. The fourth-order valence-corrected chi connectivity index (χ4v) is 4.51. The van der Waals surface area contributed by atoms with E-state index in [2.05, 4.69) is 20.6 Å². The minimum absolute atomic E-state index is 0.168. The van der Waals surface area contributed by atoms with E-state index in [1.807, 2.05) is 6.92 Å². The number of amides is 2. The van der Waals surface area contributed by atoms with E-state index < -0.39 is 16.1 Å². The molecular weight excluding hydrogens is 382 g/mol. The van der Waals surface area contributed by atoms with Gasteiger partial charge in [-0.1, -0.05) is 19.1 Å². The summed E-state index contributed by atoms with van der Waals surface area (Å²) in [6.45, 7) is 2.89. The van der Waals surface area contributed by atoms with Gasteiger partial charge >= 0.3 is 6.03 Å². The van der Waals surface area contributed by atoms with Gasteiger partial charge in [-0.25, -0.2) is 22.5 Å². The van der Waals surface area contributed by atoms with Crippen molar-refractivity contribution in [3.63, 3.8) is 0 Å². The molecule has 0 unspecified atom stereocenters. The molecule has 2 heterocycles. The Labute approximate surface area is 163 Å². The molecule has 3 N–H and O–H groups in total. The third kappa shape index (κ3) is 4.96. The molecule has 0 atom stereocenters. The molecule has 0 spiro atoms. The van der Waals surface area contributed by atoms with E-state index in [4.69, 9.17) is 0 Å². The van der Waals surface area contributed by atoms with Crippen molar-refractivity contribution >= 4 is 21.7 Å². The third-order valence-electron chi connectivity index (χ3n) is 4.40. The number of aryl methyl sites for hydroxylation is 1. The quantitative estimate of drug-likeness (QED) is 0.665. The second kappa shape index (κ2) is 8.53. The van der Waals surface area contributed by atoms with Crippen LogP contribution in [-0.2, 0) is 16.4 Å². The summed E-state index contributed by atoms with van der Waals surface area (Å²) in [5.74, 6) is 0.606. The highest BCUT2D eigenvalue weighted by atomic mass is 32.2. The van der Waals surface area contributed by atoms with Crippen LogP contribution in [0.3, 0.4) is 0 Å². The second-order valence-electron chi connectivity index (χ2n) is 6.47. The summed E-state index contributed by atoms with van der Waals surface area (Å²) in [6.07, 6.45) is 1.26. The normalized spacial score (nSPS) is 16.0. The lowest BCUT2D eigenvalue weighted by molar-refractivity contribution is 0.251. The fourth-order valence-electron chi connectivity index (χ4n) is 2.98. The van der Waals surface area contributed by atoms with Gasteiger partial charge in [0.05, 0.1) is 5.75 Å². The number of hydrogen-bond donors (Lipinski definition) is 3. The van der Waals surface area contributed by atoms with Crippen LogP contribution in [0.5, 0.6) is 0 Å². The molecule has 1 saturated heterocycles. The van der Waals surface area contributed by atoms with Gasteiger partial charge in [-0.05, 0) is 25.0 Å². The minimum Gasteiger partial charge on any atom is -0.337 e. The molecule has 2 amide bonds. The molecule has 0 radical (unpaired) electrons. The number of anilines is 1. The summed E-state index contributed by atoms with van der Waals surface area (Å²) in [6, 6.07) is 7.99. The Morgan fingerprint density at radius 3 is 2.86 bits per heavy atom. The molecule has 1 fully saturated rings. The lowest BCUT2D eigenvalue weighted by Gasteiger charge is -2.15. The van der Waals surface area contributed by atoms with Gasteiger partial charge in [0.1, 0.15) is 5.82 Å². The summed E-state index contributed by atoms with van der Waals surface area (Å²) in [5, 5.41) is 5.36. The van der Waals surface area contributed by atoms with E-state index in [0.717, 1.165) is 0 Å². The Hall–Kier alpha value is -2.72.